The molecule has 9 nitrogen and oxygen atoms in total. The number of carbonyl (C=O) groups excluding carboxylic acids is 1. The summed E-state index contributed by atoms with van der Waals surface area (Å²) in [6, 6.07) is 5.60. The van der Waals surface area contributed by atoms with E-state index in [0.717, 1.165) is 34.0 Å². The van der Waals surface area contributed by atoms with E-state index in [-0.39, 0.29) is 17.9 Å². The molecule has 0 fully saturated rings. The van der Waals surface area contributed by atoms with Gasteiger partial charge >= 0.3 is 0 Å². The van der Waals surface area contributed by atoms with E-state index in [9.17, 15) is 4.79 Å². The molecule has 32 heavy (non-hydrogen) atoms. The second-order valence-corrected chi connectivity index (χ2v) is 8.38. The molecule has 0 radical (unpaired) electrons. The van der Waals surface area contributed by atoms with Crippen LogP contribution in [0.15, 0.2) is 36.8 Å². The fraction of sp³-hybridized carbons (Fsp3) is 0.391. The number of pyridine rings is 2. The van der Waals surface area contributed by atoms with Gasteiger partial charge in [0.1, 0.15) is 11.9 Å². The first-order valence-corrected chi connectivity index (χ1v) is 10.6. The molecule has 3 aromatic rings. The van der Waals surface area contributed by atoms with Gasteiger partial charge in [0.05, 0.1) is 36.9 Å². The summed E-state index contributed by atoms with van der Waals surface area (Å²) in [5.74, 6) is 1.57. The van der Waals surface area contributed by atoms with Crippen LogP contribution in [0.4, 0.5) is 17.2 Å². The third kappa shape index (κ3) is 4.37. The normalized spacial score (nSPS) is 15.5. The summed E-state index contributed by atoms with van der Waals surface area (Å²) in [6.45, 7) is 7.25. The Morgan fingerprint density at radius 2 is 2.06 bits per heavy atom. The second kappa shape index (κ2) is 8.86. The number of hydrogen-bond donors (Lipinski definition) is 2. The van der Waals surface area contributed by atoms with E-state index in [0.29, 0.717) is 19.0 Å². The van der Waals surface area contributed by atoms with Crippen LogP contribution in [0.3, 0.4) is 0 Å². The monoisotopic (exact) mass is 435 g/mol. The lowest BCUT2D eigenvalue weighted by atomic mass is 9.98. The zero-order valence-electron chi connectivity index (χ0n) is 19.1. The average molecular weight is 436 g/mol. The molecule has 0 saturated heterocycles. The van der Waals surface area contributed by atoms with Crippen molar-refractivity contribution in [1.29, 1.82) is 0 Å². The number of methoxy groups -OCH3 is 1. The first-order chi connectivity index (χ1) is 15.4. The first-order valence-electron chi connectivity index (χ1n) is 10.6. The number of carbonyl (C=O) groups is 1. The molecule has 0 saturated carbocycles. The molecule has 0 aromatic carbocycles. The highest BCUT2D eigenvalue weighted by atomic mass is 16.5. The lowest BCUT2D eigenvalue weighted by Gasteiger charge is -2.38. The number of amides is 1. The van der Waals surface area contributed by atoms with Crippen LogP contribution in [-0.2, 0) is 17.9 Å². The second-order valence-electron chi connectivity index (χ2n) is 8.38. The first kappa shape index (κ1) is 21.6. The molecule has 0 bridgehead atoms. The van der Waals surface area contributed by atoms with Gasteiger partial charge in [-0.05, 0) is 18.4 Å². The fourth-order valence-electron chi connectivity index (χ4n) is 4.04. The molecule has 1 atom stereocenters. The number of hydrogen-bond acceptors (Lipinski definition) is 7. The number of aromatic nitrogens is 4. The molecule has 2 N–H and O–H groups in total. The number of nitrogens with zero attached hydrogens (tertiary/aromatic N) is 5. The summed E-state index contributed by atoms with van der Waals surface area (Å²) in [6.07, 6.45) is 5.64. The van der Waals surface area contributed by atoms with Crippen molar-refractivity contribution in [3.63, 3.8) is 0 Å². The van der Waals surface area contributed by atoms with Crippen molar-refractivity contribution in [1.82, 2.24) is 19.7 Å². The highest BCUT2D eigenvalue weighted by Crippen LogP contribution is 2.36. The minimum atomic E-state index is -0.206. The molecule has 0 aliphatic carbocycles. The minimum Gasteiger partial charge on any atom is -0.481 e. The maximum Gasteiger partial charge on any atom is 0.247 e. The summed E-state index contributed by atoms with van der Waals surface area (Å²) < 4.78 is 6.98. The van der Waals surface area contributed by atoms with Gasteiger partial charge < -0.3 is 20.3 Å². The molecule has 1 amide bonds. The van der Waals surface area contributed by atoms with E-state index in [1.165, 1.54) is 0 Å². The summed E-state index contributed by atoms with van der Waals surface area (Å²) in [5.41, 5.74) is 4.63. The number of nitrogens with one attached hydrogen (secondary N) is 2. The Morgan fingerprint density at radius 3 is 2.75 bits per heavy atom. The van der Waals surface area contributed by atoms with Crippen LogP contribution in [0.1, 0.15) is 30.7 Å². The lowest BCUT2D eigenvalue weighted by molar-refractivity contribution is -0.118. The molecule has 0 unspecified atom stereocenters. The Hall–Kier alpha value is -3.62. The highest BCUT2D eigenvalue weighted by molar-refractivity contribution is 6.04. The van der Waals surface area contributed by atoms with E-state index < -0.39 is 0 Å². The van der Waals surface area contributed by atoms with Crippen LogP contribution in [0.25, 0.3) is 0 Å². The number of rotatable bonds is 7. The van der Waals surface area contributed by atoms with Crippen LogP contribution < -0.4 is 20.3 Å². The molecular formula is C23H29N7O2. The van der Waals surface area contributed by atoms with Crippen molar-refractivity contribution in [2.24, 2.45) is 5.92 Å². The molecule has 3 aromatic heterocycles. The zero-order valence-corrected chi connectivity index (χ0v) is 19.1. The van der Waals surface area contributed by atoms with Gasteiger partial charge in [-0.25, -0.2) is 9.97 Å². The average Bonchev–Trinajstić information content (AvgIpc) is 3.21. The van der Waals surface area contributed by atoms with E-state index >= 15 is 0 Å². The standard InChI is InChI=1S/C23H29N7O2/c1-14(2)22-23(31)28-21-15(3)27-19(8-18(21)29(22)4)24-10-17-11-26-30(13-17)12-16-6-7-20(32-5)25-9-16/h6-9,11,13-14,22H,10,12H2,1-5H3,(H,24,27)(H,28,31)/t22-/m0/s1. The number of anilines is 3. The molecule has 168 valence electrons. The van der Waals surface area contributed by atoms with Crippen molar-refractivity contribution in [2.45, 2.75) is 39.9 Å². The van der Waals surface area contributed by atoms with Crippen molar-refractivity contribution in [2.75, 3.05) is 29.7 Å². The van der Waals surface area contributed by atoms with Crippen molar-refractivity contribution in [3.05, 3.63) is 53.6 Å². The SMILES string of the molecule is COc1ccc(Cn2cc(CNc3cc4c(c(C)n3)NC(=O)[C@H](C(C)C)N4C)cn2)cn1. The molecular weight excluding hydrogens is 406 g/mol. The lowest BCUT2D eigenvalue weighted by Crippen LogP contribution is -2.49. The van der Waals surface area contributed by atoms with Gasteiger partial charge in [0, 0.05) is 43.7 Å². The maximum atomic E-state index is 12.5. The van der Waals surface area contributed by atoms with Crippen molar-refractivity contribution < 1.29 is 9.53 Å². The fourth-order valence-corrected chi connectivity index (χ4v) is 4.04. The Kier molecular flexibility index (Phi) is 5.98. The molecule has 1 aliphatic rings. The summed E-state index contributed by atoms with van der Waals surface area (Å²) in [4.78, 5) is 23.4. The third-order valence-corrected chi connectivity index (χ3v) is 5.64. The maximum absolute atomic E-state index is 12.5. The predicted molar refractivity (Wildman–Crippen MR) is 124 cm³/mol. The number of likely N-dealkylation sites (N-methyl/N-ethyl adjacent to an activating group) is 1. The van der Waals surface area contributed by atoms with Gasteiger partial charge in [0.25, 0.3) is 0 Å². The van der Waals surface area contributed by atoms with Gasteiger partial charge in [0.15, 0.2) is 0 Å². The van der Waals surface area contributed by atoms with Crippen LogP contribution in [0, 0.1) is 12.8 Å². The number of aryl methyl sites for hydroxylation is 1. The molecule has 4 heterocycles. The summed E-state index contributed by atoms with van der Waals surface area (Å²) in [7, 11) is 3.56. The number of fused-ring (bicyclic) bond motifs is 1. The predicted octanol–water partition coefficient (Wildman–Crippen LogP) is 3.06. The Balaban J connectivity index is 1.44. The van der Waals surface area contributed by atoms with Crippen LogP contribution >= 0.6 is 0 Å². The number of ether oxygens (including phenoxy) is 1. The topological polar surface area (TPSA) is 97.2 Å². The van der Waals surface area contributed by atoms with Crippen molar-refractivity contribution >= 4 is 23.1 Å². The third-order valence-electron chi connectivity index (χ3n) is 5.64. The highest BCUT2D eigenvalue weighted by Gasteiger charge is 2.34. The molecule has 9 heteroatoms. The summed E-state index contributed by atoms with van der Waals surface area (Å²) in [5, 5.41) is 10.9. The van der Waals surface area contributed by atoms with E-state index in [1.807, 2.05) is 54.1 Å². The minimum absolute atomic E-state index is 0.0140. The van der Waals surface area contributed by atoms with E-state index in [2.05, 4.69) is 39.5 Å². The van der Waals surface area contributed by atoms with E-state index in [4.69, 9.17) is 4.74 Å². The van der Waals surface area contributed by atoms with Crippen LogP contribution in [0.2, 0.25) is 0 Å². The molecule has 4 rings (SSSR count). The van der Waals surface area contributed by atoms with Gasteiger partial charge in [-0.1, -0.05) is 19.9 Å². The van der Waals surface area contributed by atoms with Gasteiger partial charge in [-0.3, -0.25) is 9.48 Å². The van der Waals surface area contributed by atoms with Crippen molar-refractivity contribution in [3.8, 4) is 5.88 Å². The Bertz CT molecular complexity index is 1110. The van der Waals surface area contributed by atoms with E-state index in [1.54, 1.807) is 13.3 Å². The Labute approximate surface area is 187 Å². The van der Waals surface area contributed by atoms with Gasteiger partial charge in [-0.15, -0.1) is 0 Å². The quantitative estimate of drug-likeness (QED) is 0.589. The van der Waals surface area contributed by atoms with Crippen LogP contribution in [-0.4, -0.2) is 45.9 Å². The zero-order chi connectivity index (χ0) is 22.8. The largest absolute Gasteiger partial charge is 0.481 e. The van der Waals surface area contributed by atoms with Gasteiger partial charge in [-0.2, -0.15) is 5.10 Å². The Morgan fingerprint density at radius 1 is 1.25 bits per heavy atom. The smallest absolute Gasteiger partial charge is 0.247 e. The molecule has 0 spiro atoms. The van der Waals surface area contributed by atoms with Gasteiger partial charge in [0.2, 0.25) is 11.8 Å². The van der Waals surface area contributed by atoms with Crippen LogP contribution in [0.5, 0.6) is 5.88 Å². The summed E-state index contributed by atoms with van der Waals surface area (Å²) >= 11 is 0. The molecule has 1 aliphatic heterocycles.